The molecule has 0 bridgehead atoms. The van der Waals surface area contributed by atoms with Crippen molar-refractivity contribution in [3.63, 3.8) is 0 Å². The number of carboxylic acids is 1. The Labute approximate surface area is 219 Å². The summed E-state index contributed by atoms with van der Waals surface area (Å²) in [5.41, 5.74) is 2.02. The third-order valence-corrected chi connectivity index (χ3v) is 7.97. The van der Waals surface area contributed by atoms with Crippen LogP contribution in [0.1, 0.15) is 46.4 Å². The molecular weight excluding hydrogens is 512 g/mol. The number of aromatic nitrogens is 1. The van der Waals surface area contributed by atoms with E-state index in [4.69, 9.17) is 9.15 Å². The average molecular weight is 535 g/mol. The van der Waals surface area contributed by atoms with Crippen LogP contribution in [0.25, 0.3) is 17.4 Å². The van der Waals surface area contributed by atoms with Crippen molar-refractivity contribution in [1.82, 2.24) is 4.57 Å². The molecule has 1 aliphatic rings. The fraction of sp³-hybridized carbons (Fsp3) is 0.185. The summed E-state index contributed by atoms with van der Waals surface area (Å²) in [6.07, 6.45) is 1.64. The molecule has 0 aliphatic carbocycles. The number of allylic oxidation sites excluding steroid dienone is 1. The first kappa shape index (κ1) is 24.7. The van der Waals surface area contributed by atoms with E-state index in [-0.39, 0.29) is 17.7 Å². The molecule has 0 saturated heterocycles. The standard InChI is InChI=1S/C27H22N2O6S2/c1-4-34-26(33)22-15(3)28-27-29(23(22)20-9-6-12-36-20)24(30)21(37-27)13-16-10-11-19(35-16)17-7-5-8-18(14(17)2)25(31)32/h5-13,23H,4H2,1-3H3,(H,31,32)/b21-13-/t23-/m0/s1. The summed E-state index contributed by atoms with van der Waals surface area (Å²) in [5.74, 6) is -0.568. The molecule has 4 aromatic rings. The molecule has 0 fully saturated rings. The maximum Gasteiger partial charge on any atom is 0.338 e. The number of ether oxygens (including phenoxy) is 1. The second kappa shape index (κ2) is 9.79. The number of aromatic carboxylic acids is 1. The predicted molar refractivity (Wildman–Crippen MR) is 141 cm³/mol. The maximum atomic E-state index is 13.6. The Bertz CT molecular complexity index is 1740. The average Bonchev–Trinajstić information content (AvgIpc) is 3.60. The molecule has 1 aromatic carbocycles. The first-order valence-electron chi connectivity index (χ1n) is 11.5. The van der Waals surface area contributed by atoms with Crippen molar-refractivity contribution in [2.45, 2.75) is 26.8 Å². The van der Waals surface area contributed by atoms with Gasteiger partial charge in [0.2, 0.25) is 0 Å². The van der Waals surface area contributed by atoms with E-state index in [1.165, 1.54) is 27.2 Å². The number of carboxylic acid groups (broad SMARTS) is 1. The Morgan fingerprint density at radius 2 is 2.00 bits per heavy atom. The molecule has 0 amide bonds. The molecule has 3 aromatic heterocycles. The maximum absolute atomic E-state index is 13.6. The third kappa shape index (κ3) is 4.38. The van der Waals surface area contributed by atoms with Crippen LogP contribution in [0.5, 0.6) is 0 Å². The minimum atomic E-state index is -1.01. The van der Waals surface area contributed by atoms with Crippen molar-refractivity contribution in [3.05, 3.63) is 101 Å². The van der Waals surface area contributed by atoms with Gasteiger partial charge in [-0.15, -0.1) is 11.3 Å². The summed E-state index contributed by atoms with van der Waals surface area (Å²) in [6.45, 7) is 5.43. The minimum Gasteiger partial charge on any atom is -0.478 e. The van der Waals surface area contributed by atoms with Crippen molar-refractivity contribution >= 4 is 40.7 Å². The van der Waals surface area contributed by atoms with Gasteiger partial charge in [0, 0.05) is 16.5 Å². The van der Waals surface area contributed by atoms with Crippen LogP contribution >= 0.6 is 22.7 Å². The van der Waals surface area contributed by atoms with Gasteiger partial charge >= 0.3 is 11.9 Å². The number of furan rings is 1. The Kier molecular flexibility index (Phi) is 6.53. The van der Waals surface area contributed by atoms with Crippen LogP contribution in [0.3, 0.4) is 0 Å². The summed E-state index contributed by atoms with van der Waals surface area (Å²) < 4.78 is 13.2. The molecule has 1 aliphatic heterocycles. The van der Waals surface area contributed by atoms with Gasteiger partial charge in [0.05, 0.1) is 28.0 Å². The molecule has 0 spiro atoms. The number of thiazole rings is 1. The molecule has 5 rings (SSSR count). The van der Waals surface area contributed by atoms with Crippen LogP contribution in [-0.2, 0) is 9.53 Å². The number of nitrogens with zero attached hydrogens (tertiary/aromatic N) is 2. The molecule has 1 atom stereocenters. The number of carbonyl (C=O) groups is 2. The molecule has 4 heterocycles. The largest absolute Gasteiger partial charge is 0.478 e. The fourth-order valence-corrected chi connectivity index (χ4v) is 6.20. The topological polar surface area (TPSA) is 111 Å². The lowest BCUT2D eigenvalue weighted by Gasteiger charge is -2.23. The second-order valence-corrected chi connectivity index (χ2v) is 10.3. The van der Waals surface area contributed by atoms with Crippen LogP contribution < -0.4 is 14.9 Å². The Hall–Kier alpha value is -4.02. The van der Waals surface area contributed by atoms with E-state index in [0.29, 0.717) is 43.3 Å². The molecule has 188 valence electrons. The Balaban J connectivity index is 1.61. The van der Waals surface area contributed by atoms with Gasteiger partial charge in [-0.1, -0.05) is 29.5 Å². The van der Waals surface area contributed by atoms with Gasteiger partial charge in [-0.3, -0.25) is 9.36 Å². The molecule has 0 unspecified atom stereocenters. The highest BCUT2D eigenvalue weighted by molar-refractivity contribution is 7.10. The van der Waals surface area contributed by atoms with E-state index in [1.54, 1.807) is 57.2 Å². The van der Waals surface area contributed by atoms with Crippen LogP contribution in [0.4, 0.5) is 0 Å². The Morgan fingerprint density at radius 1 is 1.19 bits per heavy atom. The minimum absolute atomic E-state index is 0.199. The first-order chi connectivity index (χ1) is 17.8. The number of carbonyl (C=O) groups excluding carboxylic acids is 1. The van der Waals surface area contributed by atoms with Gasteiger partial charge < -0.3 is 14.3 Å². The molecule has 37 heavy (non-hydrogen) atoms. The summed E-state index contributed by atoms with van der Waals surface area (Å²) in [6, 6.07) is 11.6. The van der Waals surface area contributed by atoms with Gasteiger partial charge in [-0.2, -0.15) is 0 Å². The summed E-state index contributed by atoms with van der Waals surface area (Å²) >= 11 is 2.66. The molecule has 0 radical (unpaired) electrons. The van der Waals surface area contributed by atoms with Crippen molar-refractivity contribution in [2.75, 3.05) is 6.61 Å². The predicted octanol–water partition coefficient (Wildman–Crippen LogP) is 4.13. The molecule has 10 heteroatoms. The van der Waals surface area contributed by atoms with Gasteiger partial charge in [0.1, 0.15) is 17.6 Å². The fourth-order valence-electron chi connectivity index (χ4n) is 4.35. The lowest BCUT2D eigenvalue weighted by molar-refractivity contribution is -0.139. The van der Waals surface area contributed by atoms with E-state index < -0.39 is 18.0 Å². The number of rotatable bonds is 6. The number of hydrogen-bond acceptors (Lipinski definition) is 8. The summed E-state index contributed by atoms with van der Waals surface area (Å²) in [7, 11) is 0. The highest BCUT2D eigenvalue weighted by Crippen LogP contribution is 2.33. The van der Waals surface area contributed by atoms with Crippen molar-refractivity contribution in [2.24, 2.45) is 4.99 Å². The van der Waals surface area contributed by atoms with E-state index in [1.807, 2.05) is 17.5 Å². The van der Waals surface area contributed by atoms with E-state index in [9.17, 15) is 19.5 Å². The first-order valence-corrected chi connectivity index (χ1v) is 13.2. The monoisotopic (exact) mass is 534 g/mol. The third-order valence-electron chi connectivity index (χ3n) is 6.06. The summed E-state index contributed by atoms with van der Waals surface area (Å²) in [4.78, 5) is 43.9. The smallest absolute Gasteiger partial charge is 0.338 e. The quantitative estimate of drug-likeness (QED) is 0.373. The van der Waals surface area contributed by atoms with Crippen molar-refractivity contribution in [1.29, 1.82) is 0 Å². The highest BCUT2D eigenvalue weighted by Gasteiger charge is 2.33. The zero-order chi connectivity index (χ0) is 26.3. The van der Waals surface area contributed by atoms with Crippen LogP contribution in [0, 0.1) is 6.92 Å². The van der Waals surface area contributed by atoms with Crippen molar-refractivity contribution < 1.29 is 23.8 Å². The van der Waals surface area contributed by atoms with E-state index >= 15 is 0 Å². The van der Waals surface area contributed by atoms with E-state index in [0.717, 1.165) is 4.88 Å². The van der Waals surface area contributed by atoms with Crippen molar-refractivity contribution in [3.8, 4) is 11.3 Å². The lowest BCUT2D eigenvalue weighted by atomic mass is 10.0. The van der Waals surface area contributed by atoms with Gasteiger partial charge in [0.15, 0.2) is 4.80 Å². The Morgan fingerprint density at radius 3 is 2.70 bits per heavy atom. The zero-order valence-electron chi connectivity index (χ0n) is 20.2. The molecule has 8 nitrogen and oxygen atoms in total. The van der Waals surface area contributed by atoms with Gasteiger partial charge in [-0.05, 0) is 56.0 Å². The van der Waals surface area contributed by atoms with Gasteiger partial charge in [-0.25, -0.2) is 14.6 Å². The number of benzene rings is 1. The van der Waals surface area contributed by atoms with Crippen LogP contribution in [0.15, 0.2) is 73.3 Å². The van der Waals surface area contributed by atoms with E-state index in [2.05, 4.69) is 4.99 Å². The summed E-state index contributed by atoms with van der Waals surface area (Å²) in [5, 5.41) is 11.3. The number of hydrogen-bond donors (Lipinski definition) is 1. The van der Waals surface area contributed by atoms with Crippen LogP contribution in [-0.4, -0.2) is 28.2 Å². The SMILES string of the molecule is CCOC(=O)C1=C(C)N=c2s/c(=C\c3ccc(-c4cccc(C(=O)O)c4C)o3)c(=O)n2[C@H]1c1cccs1. The molecule has 1 N–H and O–H groups in total. The highest BCUT2D eigenvalue weighted by atomic mass is 32.1. The van der Waals surface area contributed by atoms with Crippen LogP contribution in [0.2, 0.25) is 0 Å². The lowest BCUT2D eigenvalue weighted by Crippen LogP contribution is -2.39. The molecule has 0 saturated carbocycles. The second-order valence-electron chi connectivity index (χ2n) is 8.30. The molecular formula is C27H22N2O6S2. The normalized spacial score (nSPS) is 15.4. The number of esters is 1. The number of thiophene rings is 1. The van der Waals surface area contributed by atoms with Gasteiger partial charge in [0.25, 0.3) is 5.56 Å². The zero-order valence-corrected chi connectivity index (χ0v) is 21.8. The number of fused-ring (bicyclic) bond motifs is 1.